The van der Waals surface area contributed by atoms with E-state index in [1.807, 2.05) is 0 Å². The maximum atomic E-state index is 6.14. The summed E-state index contributed by atoms with van der Waals surface area (Å²) in [6, 6.07) is 0. The first-order valence-corrected chi connectivity index (χ1v) is 6.89. The maximum absolute atomic E-state index is 6.14. The van der Waals surface area contributed by atoms with E-state index >= 15 is 0 Å². The van der Waals surface area contributed by atoms with E-state index in [-0.39, 0.29) is 0 Å². The molecule has 0 bridgehead atoms. The average molecular weight is 219 g/mol. The molecule has 1 atom stereocenters. The van der Waals surface area contributed by atoms with Crippen LogP contribution in [0.1, 0.15) is 78.1 Å². The lowest BCUT2D eigenvalue weighted by Crippen LogP contribution is -1.97. The first kappa shape index (κ1) is 14.3. The van der Waals surface area contributed by atoms with Crippen molar-refractivity contribution in [2.45, 2.75) is 83.4 Å². The minimum absolute atomic E-state index is 0.440. The van der Waals surface area contributed by atoms with Gasteiger partial charge in [-0.2, -0.15) is 0 Å². The Morgan fingerprint density at radius 1 is 0.714 bits per heavy atom. The molecular formula is C13H27Cl. The largest absolute Gasteiger partial charge is 0.123 e. The predicted molar refractivity (Wildman–Crippen MR) is 67.2 cm³/mol. The van der Waals surface area contributed by atoms with Crippen molar-refractivity contribution in [3.8, 4) is 0 Å². The third-order valence-corrected chi connectivity index (χ3v) is 3.16. The molecule has 0 fully saturated rings. The van der Waals surface area contributed by atoms with Gasteiger partial charge in [0.25, 0.3) is 0 Å². The van der Waals surface area contributed by atoms with Crippen LogP contribution in [0, 0.1) is 0 Å². The van der Waals surface area contributed by atoms with Crippen molar-refractivity contribution in [1.82, 2.24) is 0 Å². The SMILES string of the molecule is CCCCCCCCC[C@@H](Cl)CCC. The zero-order chi connectivity index (χ0) is 10.6. The highest BCUT2D eigenvalue weighted by molar-refractivity contribution is 6.20. The Hall–Kier alpha value is 0.290. The molecule has 0 aliphatic carbocycles. The first-order chi connectivity index (χ1) is 6.81. The van der Waals surface area contributed by atoms with Crippen molar-refractivity contribution >= 4 is 11.6 Å². The lowest BCUT2D eigenvalue weighted by Gasteiger charge is -2.07. The molecule has 0 N–H and O–H groups in total. The summed E-state index contributed by atoms with van der Waals surface area (Å²) < 4.78 is 0. The second-order valence-electron chi connectivity index (χ2n) is 4.30. The molecule has 0 aliphatic heterocycles. The third-order valence-electron chi connectivity index (χ3n) is 2.72. The molecule has 0 unspecified atom stereocenters. The van der Waals surface area contributed by atoms with E-state index in [1.165, 1.54) is 64.2 Å². The molecule has 0 aromatic heterocycles. The monoisotopic (exact) mass is 218 g/mol. The Balaban J connectivity index is 2.98. The van der Waals surface area contributed by atoms with Crippen LogP contribution in [0.3, 0.4) is 0 Å². The van der Waals surface area contributed by atoms with E-state index < -0.39 is 0 Å². The van der Waals surface area contributed by atoms with Gasteiger partial charge >= 0.3 is 0 Å². The fraction of sp³-hybridized carbons (Fsp3) is 1.00. The Morgan fingerprint density at radius 2 is 1.29 bits per heavy atom. The van der Waals surface area contributed by atoms with E-state index in [4.69, 9.17) is 11.6 Å². The normalized spacial score (nSPS) is 13.1. The van der Waals surface area contributed by atoms with Gasteiger partial charge < -0.3 is 0 Å². The van der Waals surface area contributed by atoms with Crippen LogP contribution < -0.4 is 0 Å². The highest BCUT2D eigenvalue weighted by Gasteiger charge is 2.01. The van der Waals surface area contributed by atoms with Crippen LogP contribution in [0.25, 0.3) is 0 Å². The molecule has 0 saturated carbocycles. The van der Waals surface area contributed by atoms with Crippen molar-refractivity contribution in [2.24, 2.45) is 0 Å². The van der Waals surface area contributed by atoms with Crippen LogP contribution in [-0.4, -0.2) is 5.38 Å². The fourth-order valence-electron chi connectivity index (χ4n) is 1.78. The molecule has 0 rings (SSSR count). The van der Waals surface area contributed by atoms with Gasteiger partial charge in [0.1, 0.15) is 0 Å². The number of alkyl halides is 1. The van der Waals surface area contributed by atoms with Gasteiger partial charge in [0.2, 0.25) is 0 Å². The summed E-state index contributed by atoms with van der Waals surface area (Å²) in [5, 5.41) is 0.440. The highest BCUT2D eigenvalue weighted by atomic mass is 35.5. The molecule has 0 spiro atoms. The minimum Gasteiger partial charge on any atom is -0.123 e. The van der Waals surface area contributed by atoms with Gasteiger partial charge in [-0.15, -0.1) is 11.6 Å². The van der Waals surface area contributed by atoms with Crippen molar-refractivity contribution in [3.63, 3.8) is 0 Å². The van der Waals surface area contributed by atoms with Crippen molar-refractivity contribution in [2.75, 3.05) is 0 Å². The van der Waals surface area contributed by atoms with Crippen LogP contribution in [0.2, 0.25) is 0 Å². The Kier molecular flexibility index (Phi) is 11.6. The Labute approximate surface area is 95.4 Å². The molecule has 0 aromatic rings. The van der Waals surface area contributed by atoms with E-state index in [2.05, 4.69) is 13.8 Å². The van der Waals surface area contributed by atoms with Gasteiger partial charge in [0.15, 0.2) is 0 Å². The number of rotatable bonds is 10. The molecule has 0 heterocycles. The average Bonchev–Trinajstić information content (AvgIpc) is 2.17. The van der Waals surface area contributed by atoms with Gasteiger partial charge in [-0.05, 0) is 12.8 Å². The molecule has 14 heavy (non-hydrogen) atoms. The van der Waals surface area contributed by atoms with Gasteiger partial charge in [-0.1, -0.05) is 65.2 Å². The summed E-state index contributed by atoms with van der Waals surface area (Å²) in [4.78, 5) is 0. The second kappa shape index (κ2) is 11.4. The molecule has 0 aromatic carbocycles. The zero-order valence-corrected chi connectivity index (χ0v) is 10.8. The standard InChI is InChI=1S/C13H27Cl/c1-3-5-6-7-8-9-10-12-13(14)11-4-2/h13H,3-12H2,1-2H3/t13-/m0/s1. The van der Waals surface area contributed by atoms with E-state index in [9.17, 15) is 0 Å². The zero-order valence-electron chi connectivity index (χ0n) is 10.0. The van der Waals surface area contributed by atoms with E-state index in [0.29, 0.717) is 5.38 Å². The minimum atomic E-state index is 0.440. The summed E-state index contributed by atoms with van der Waals surface area (Å²) in [5.74, 6) is 0. The highest BCUT2D eigenvalue weighted by Crippen LogP contribution is 2.15. The lowest BCUT2D eigenvalue weighted by molar-refractivity contribution is 0.557. The van der Waals surface area contributed by atoms with Crippen LogP contribution in [0.4, 0.5) is 0 Å². The molecule has 0 radical (unpaired) electrons. The molecule has 86 valence electrons. The number of halogens is 1. The quantitative estimate of drug-likeness (QED) is 0.334. The Bertz CT molecular complexity index is 101. The molecule has 0 saturated heterocycles. The topological polar surface area (TPSA) is 0 Å². The predicted octanol–water partition coefficient (Wildman–Crippen LogP) is 5.53. The van der Waals surface area contributed by atoms with Gasteiger partial charge in [-0.25, -0.2) is 0 Å². The lowest BCUT2D eigenvalue weighted by atomic mass is 10.1. The van der Waals surface area contributed by atoms with Crippen LogP contribution in [-0.2, 0) is 0 Å². The Morgan fingerprint density at radius 3 is 1.86 bits per heavy atom. The summed E-state index contributed by atoms with van der Waals surface area (Å²) in [6.07, 6.45) is 13.4. The first-order valence-electron chi connectivity index (χ1n) is 6.45. The maximum Gasteiger partial charge on any atom is 0.0336 e. The molecule has 0 amide bonds. The van der Waals surface area contributed by atoms with E-state index in [0.717, 1.165) is 0 Å². The van der Waals surface area contributed by atoms with Crippen molar-refractivity contribution in [1.29, 1.82) is 0 Å². The van der Waals surface area contributed by atoms with Crippen molar-refractivity contribution in [3.05, 3.63) is 0 Å². The summed E-state index contributed by atoms with van der Waals surface area (Å²) in [7, 11) is 0. The molecule has 1 heteroatoms. The molecular weight excluding hydrogens is 192 g/mol. The second-order valence-corrected chi connectivity index (χ2v) is 4.91. The number of hydrogen-bond acceptors (Lipinski definition) is 0. The van der Waals surface area contributed by atoms with Crippen LogP contribution >= 0.6 is 11.6 Å². The fourth-order valence-corrected chi connectivity index (χ4v) is 2.15. The molecule has 0 nitrogen and oxygen atoms in total. The van der Waals surface area contributed by atoms with Gasteiger partial charge in [-0.3, -0.25) is 0 Å². The van der Waals surface area contributed by atoms with Crippen LogP contribution in [0.5, 0.6) is 0 Å². The summed E-state index contributed by atoms with van der Waals surface area (Å²) >= 11 is 6.14. The summed E-state index contributed by atoms with van der Waals surface area (Å²) in [5.41, 5.74) is 0. The molecule has 0 aliphatic rings. The van der Waals surface area contributed by atoms with Crippen LogP contribution in [0.15, 0.2) is 0 Å². The van der Waals surface area contributed by atoms with Gasteiger partial charge in [0.05, 0.1) is 0 Å². The third kappa shape index (κ3) is 10.4. The smallest absolute Gasteiger partial charge is 0.0336 e. The van der Waals surface area contributed by atoms with Gasteiger partial charge in [0, 0.05) is 5.38 Å². The summed E-state index contributed by atoms with van der Waals surface area (Å²) in [6.45, 7) is 4.48. The van der Waals surface area contributed by atoms with Crippen molar-refractivity contribution < 1.29 is 0 Å². The number of hydrogen-bond donors (Lipinski definition) is 0. The van der Waals surface area contributed by atoms with E-state index in [1.54, 1.807) is 0 Å². The number of unbranched alkanes of at least 4 members (excludes halogenated alkanes) is 6.